The first kappa shape index (κ1) is 52.8. The van der Waals surface area contributed by atoms with Gasteiger partial charge in [-0.1, -0.05) is 46.3 Å². The molecule has 3 aliphatic heterocycles. The van der Waals surface area contributed by atoms with Gasteiger partial charge in [-0.15, -0.1) is 0 Å². The third-order valence-corrected chi connectivity index (χ3v) is 18.7. The van der Waals surface area contributed by atoms with Gasteiger partial charge in [-0.25, -0.2) is 0 Å². The Labute approximate surface area is 388 Å². The van der Waals surface area contributed by atoms with Crippen LogP contribution in [0, 0.1) is 45.3 Å². The molecular formula is C48H82O18. The molecule has 4 aliphatic carbocycles. The lowest BCUT2D eigenvalue weighted by Crippen LogP contribution is -2.71. The Morgan fingerprint density at radius 2 is 1.27 bits per heavy atom. The number of hydrogen-bond donors (Lipinski definition) is 12. The molecule has 0 bridgehead atoms. The molecule has 0 radical (unpaired) electrons. The summed E-state index contributed by atoms with van der Waals surface area (Å²) in [7, 11) is 0. The summed E-state index contributed by atoms with van der Waals surface area (Å²) in [6.07, 6.45) is -18.3. The molecule has 66 heavy (non-hydrogen) atoms. The van der Waals surface area contributed by atoms with Gasteiger partial charge in [0.2, 0.25) is 0 Å². The number of rotatable bonds is 12. The molecule has 7 rings (SSSR count). The number of ether oxygens (including phenoxy) is 6. The van der Waals surface area contributed by atoms with E-state index < -0.39 is 151 Å². The molecule has 0 aromatic carbocycles. The van der Waals surface area contributed by atoms with E-state index in [1.807, 2.05) is 34.6 Å². The third-order valence-electron chi connectivity index (χ3n) is 18.7. The minimum Gasteiger partial charge on any atom is -0.394 e. The Morgan fingerprint density at radius 1 is 0.682 bits per heavy atom. The lowest BCUT2D eigenvalue weighted by molar-refractivity contribution is -0.382. The smallest absolute Gasteiger partial charge is 0.187 e. The minimum atomic E-state index is -1.75. The predicted molar refractivity (Wildman–Crippen MR) is 234 cm³/mol. The first-order chi connectivity index (χ1) is 30.7. The fraction of sp³-hybridized carbons (Fsp3) is 0.958. The molecule has 0 unspecified atom stereocenters. The van der Waals surface area contributed by atoms with Gasteiger partial charge < -0.3 is 89.7 Å². The van der Waals surface area contributed by atoms with Crippen LogP contribution in [-0.4, -0.2) is 191 Å². The van der Waals surface area contributed by atoms with Crippen LogP contribution in [0.1, 0.15) is 114 Å². The molecule has 0 aromatic rings. The van der Waals surface area contributed by atoms with Crippen LogP contribution in [0.3, 0.4) is 0 Å². The van der Waals surface area contributed by atoms with E-state index in [1.165, 1.54) is 6.92 Å². The van der Waals surface area contributed by atoms with Gasteiger partial charge in [-0.3, -0.25) is 0 Å². The summed E-state index contributed by atoms with van der Waals surface area (Å²) in [4.78, 5) is 0. The summed E-state index contributed by atoms with van der Waals surface area (Å²) in [6, 6.07) is 0. The van der Waals surface area contributed by atoms with Crippen LogP contribution in [0.25, 0.3) is 0 Å². The van der Waals surface area contributed by atoms with E-state index in [9.17, 15) is 61.3 Å². The van der Waals surface area contributed by atoms with Gasteiger partial charge in [-0.2, -0.15) is 0 Å². The molecule has 382 valence electrons. The Morgan fingerprint density at radius 3 is 1.89 bits per heavy atom. The van der Waals surface area contributed by atoms with Crippen LogP contribution in [-0.2, 0) is 28.4 Å². The highest BCUT2D eigenvalue weighted by molar-refractivity contribution is 5.22. The monoisotopic (exact) mass is 947 g/mol. The van der Waals surface area contributed by atoms with Gasteiger partial charge in [0.15, 0.2) is 18.9 Å². The summed E-state index contributed by atoms with van der Waals surface area (Å²) in [6.45, 7) is 16.8. The topological polar surface area (TPSA) is 298 Å². The van der Waals surface area contributed by atoms with Crippen LogP contribution < -0.4 is 0 Å². The molecule has 3 saturated heterocycles. The zero-order valence-electron chi connectivity index (χ0n) is 40.2. The summed E-state index contributed by atoms with van der Waals surface area (Å²) in [5, 5.41) is 132. The Kier molecular flexibility index (Phi) is 15.4. The highest BCUT2D eigenvalue weighted by Crippen LogP contribution is 2.76. The Balaban J connectivity index is 1.27. The average molecular weight is 947 g/mol. The van der Waals surface area contributed by atoms with Gasteiger partial charge >= 0.3 is 0 Å². The van der Waals surface area contributed by atoms with Crippen molar-refractivity contribution in [1.82, 2.24) is 0 Å². The van der Waals surface area contributed by atoms with E-state index >= 15 is 0 Å². The van der Waals surface area contributed by atoms with Crippen molar-refractivity contribution >= 4 is 0 Å². The fourth-order valence-corrected chi connectivity index (χ4v) is 14.9. The molecule has 0 spiro atoms. The van der Waals surface area contributed by atoms with Gasteiger partial charge in [-0.05, 0) is 124 Å². The van der Waals surface area contributed by atoms with Crippen molar-refractivity contribution in [1.29, 1.82) is 0 Å². The molecule has 26 atom stereocenters. The fourth-order valence-electron chi connectivity index (χ4n) is 14.9. The Bertz CT molecular complexity index is 1700. The van der Waals surface area contributed by atoms with E-state index in [1.54, 1.807) is 0 Å². The number of aliphatic hydroxyl groups excluding tert-OH is 12. The normalized spacial score (nSPS) is 53.5. The first-order valence-corrected chi connectivity index (χ1v) is 24.3. The van der Waals surface area contributed by atoms with Gasteiger partial charge in [0, 0.05) is 0 Å². The van der Waals surface area contributed by atoms with Crippen LogP contribution in [0.2, 0.25) is 0 Å². The van der Waals surface area contributed by atoms with Crippen molar-refractivity contribution in [2.75, 3.05) is 13.2 Å². The largest absolute Gasteiger partial charge is 0.394 e. The van der Waals surface area contributed by atoms with E-state index in [2.05, 4.69) is 26.8 Å². The zero-order chi connectivity index (χ0) is 48.8. The molecule has 12 N–H and O–H groups in total. The lowest BCUT2D eigenvalue weighted by atomic mass is 9.34. The molecule has 7 fully saturated rings. The van der Waals surface area contributed by atoms with Gasteiger partial charge in [0.05, 0.1) is 43.2 Å². The quantitative estimate of drug-likeness (QED) is 0.0904. The molecule has 0 aromatic heterocycles. The van der Waals surface area contributed by atoms with E-state index in [4.69, 9.17) is 28.4 Å². The van der Waals surface area contributed by atoms with Gasteiger partial charge in [0.1, 0.15) is 67.1 Å². The molecule has 18 heteroatoms. The summed E-state index contributed by atoms with van der Waals surface area (Å²) >= 11 is 0. The van der Waals surface area contributed by atoms with Crippen LogP contribution in [0.15, 0.2) is 11.6 Å². The molecule has 18 nitrogen and oxygen atoms in total. The number of hydrogen-bond acceptors (Lipinski definition) is 18. The van der Waals surface area contributed by atoms with Crippen LogP contribution in [0.4, 0.5) is 0 Å². The summed E-state index contributed by atoms with van der Waals surface area (Å²) in [5.41, 5.74) is -2.43. The number of aliphatic hydroxyl groups is 12. The molecule has 4 saturated carbocycles. The maximum absolute atomic E-state index is 12.7. The number of allylic oxidation sites excluding steroid dienone is 2. The summed E-state index contributed by atoms with van der Waals surface area (Å²) in [5.74, 6) is -1.12. The second-order valence-electron chi connectivity index (χ2n) is 23.0. The van der Waals surface area contributed by atoms with Crippen LogP contribution in [0.5, 0.6) is 0 Å². The van der Waals surface area contributed by atoms with E-state index in [0.717, 1.165) is 5.57 Å². The number of fused-ring (bicyclic) bond motifs is 5. The average Bonchev–Trinajstić information content (AvgIpc) is 3.64. The SMILES string of the molecule is CC(C)=CCC[C@](C)(O[C@H]1O[C@H](CO)[C@@H](O)[C@H](O)[C@H]1O)[C@H]1CC[C@]2(C)[C@@H]1[C@H](O)C[C@@H]1[C@@]3(C)CC[C@H](O)C(C)(C)[C@@H]3[C@@H](O[C@@H]3O[C@H](CO)[C@@H](O)[C@H](O)[C@H]3O[C@@H]3O[C@@H](C)[C@H](O)[C@@H](O)[C@H]3O)C[C@]12C. The van der Waals surface area contributed by atoms with E-state index in [0.29, 0.717) is 51.4 Å². The maximum Gasteiger partial charge on any atom is 0.187 e. The van der Waals surface area contributed by atoms with Crippen molar-refractivity contribution in [2.24, 2.45) is 45.3 Å². The standard InChI is InChI=1S/C48H82O18/c1-21(2)11-10-14-48(9,66-42-38(60)35(57)32(54)26(19-49)63-42)23-12-16-46(7)30(23)24(51)17-28-45(6)15-13-29(52)44(4,5)40(45)25(18-47(28,46)8)62-43-39(36(58)33(55)27(20-50)64-43)65-41-37(59)34(56)31(53)22(3)61-41/h11,22-43,49-60H,10,12-20H2,1-9H3/t22-,23-,24+,25-,26+,27+,28+,29-,30-,31-,32+,33+,34+,35-,36-,37+,38+,39+,40-,41-,42+,43+,45+,46+,47+,48-/m0/s1. The van der Waals surface area contributed by atoms with Crippen molar-refractivity contribution in [3.63, 3.8) is 0 Å². The zero-order valence-corrected chi connectivity index (χ0v) is 40.2. The predicted octanol–water partition coefficient (Wildman–Crippen LogP) is -0.0284. The molecule has 0 amide bonds. The maximum atomic E-state index is 12.7. The third kappa shape index (κ3) is 8.69. The van der Waals surface area contributed by atoms with Crippen molar-refractivity contribution in [3.8, 4) is 0 Å². The van der Waals surface area contributed by atoms with Crippen molar-refractivity contribution < 1.29 is 89.7 Å². The van der Waals surface area contributed by atoms with E-state index in [-0.39, 0.29) is 23.7 Å². The second kappa shape index (κ2) is 19.2. The second-order valence-corrected chi connectivity index (χ2v) is 23.0. The first-order valence-electron chi connectivity index (χ1n) is 24.3. The minimum absolute atomic E-state index is 0.0861. The summed E-state index contributed by atoms with van der Waals surface area (Å²) < 4.78 is 38.1. The van der Waals surface area contributed by atoms with Crippen LogP contribution >= 0.6 is 0 Å². The Hall–Kier alpha value is -0.980. The highest BCUT2D eigenvalue weighted by Gasteiger charge is 2.74. The van der Waals surface area contributed by atoms with Gasteiger partial charge in [0.25, 0.3) is 0 Å². The molecule has 7 aliphatic rings. The van der Waals surface area contributed by atoms with Crippen molar-refractivity contribution in [3.05, 3.63) is 11.6 Å². The highest BCUT2D eigenvalue weighted by atomic mass is 16.8. The van der Waals surface area contributed by atoms with Crippen molar-refractivity contribution in [2.45, 2.75) is 230 Å². The molecular weight excluding hydrogens is 865 g/mol. The molecule has 3 heterocycles. The lowest BCUT2D eigenvalue weighted by Gasteiger charge is -2.72.